The Bertz CT molecular complexity index is 599. The van der Waals surface area contributed by atoms with Gasteiger partial charge in [-0.25, -0.2) is 4.68 Å². The summed E-state index contributed by atoms with van der Waals surface area (Å²) in [6.07, 6.45) is 5.64. The molecule has 0 aliphatic carbocycles. The molecule has 1 amide bonds. The van der Waals surface area contributed by atoms with Crippen molar-refractivity contribution >= 4 is 5.91 Å². The maximum Gasteiger partial charge on any atom is 0.241 e. The minimum atomic E-state index is -0.00400. The van der Waals surface area contributed by atoms with Crippen LogP contribution in [0.3, 0.4) is 0 Å². The van der Waals surface area contributed by atoms with Crippen LogP contribution < -0.4 is 5.32 Å². The first-order valence-corrected chi connectivity index (χ1v) is 8.16. The van der Waals surface area contributed by atoms with Crippen molar-refractivity contribution in [1.82, 2.24) is 25.2 Å². The zero-order valence-electron chi connectivity index (χ0n) is 13.3. The number of carbonyl (C=O) groups excluding carboxylic acids is 1. The summed E-state index contributed by atoms with van der Waals surface area (Å²) >= 11 is 0. The molecule has 2 heterocycles. The quantitative estimate of drug-likeness (QED) is 0.873. The minimum absolute atomic E-state index is 0.00400. The number of carbonyl (C=O) groups is 1. The van der Waals surface area contributed by atoms with Crippen LogP contribution in [0.4, 0.5) is 0 Å². The van der Waals surface area contributed by atoms with Gasteiger partial charge in [-0.3, -0.25) is 9.69 Å². The molecule has 1 atom stereocenters. The number of amides is 1. The number of piperidine rings is 1. The van der Waals surface area contributed by atoms with Crippen molar-refractivity contribution in [1.29, 1.82) is 0 Å². The van der Waals surface area contributed by atoms with E-state index in [1.165, 1.54) is 23.1 Å². The van der Waals surface area contributed by atoms with E-state index in [-0.39, 0.29) is 12.5 Å². The fraction of sp³-hybridized carbons (Fsp3) is 0.471. The lowest BCUT2D eigenvalue weighted by Crippen LogP contribution is -2.41. The van der Waals surface area contributed by atoms with Crippen molar-refractivity contribution in [2.45, 2.75) is 25.9 Å². The molecule has 1 saturated heterocycles. The lowest BCUT2D eigenvalue weighted by atomic mass is 9.97. The molecule has 3 rings (SSSR count). The second-order valence-corrected chi connectivity index (χ2v) is 6.13. The summed E-state index contributed by atoms with van der Waals surface area (Å²) in [4.78, 5) is 14.4. The smallest absolute Gasteiger partial charge is 0.241 e. The summed E-state index contributed by atoms with van der Waals surface area (Å²) < 4.78 is 1.54. The topological polar surface area (TPSA) is 63.1 Å². The van der Waals surface area contributed by atoms with Crippen molar-refractivity contribution in [2.24, 2.45) is 5.92 Å². The first-order chi connectivity index (χ1) is 11.3. The highest BCUT2D eigenvalue weighted by Crippen LogP contribution is 2.18. The van der Waals surface area contributed by atoms with E-state index in [9.17, 15) is 4.79 Å². The summed E-state index contributed by atoms with van der Waals surface area (Å²) in [7, 11) is 0. The SMILES string of the molecule is O=C(Cn1ccnn1)NCC1CCCN(Cc2ccccc2)C1. The molecule has 0 radical (unpaired) electrons. The number of benzene rings is 1. The predicted octanol–water partition coefficient (Wildman–Crippen LogP) is 1.31. The molecule has 6 nitrogen and oxygen atoms in total. The summed E-state index contributed by atoms with van der Waals surface area (Å²) in [6, 6.07) is 10.6. The van der Waals surface area contributed by atoms with E-state index < -0.39 is 0 Å². The Morgan fingerprint density at radius 1 is 1.30 bits per heavy atom. The maximum absolute atomic E-state index is 11.9. The zero-order chi connectivity index (χ0) is 15.9. The van der Waals surface area contributed by atoms with E-state index in [0.717, 1.165) is 26.2 Å². The van der Waals surface area contributed by atoms with Gasteiger partial charge < -0.3 is 5.32 Å². The molecule has 1 aliphatic heterocycles. The van der Waals surface area contributed by atoms with Gasteiger partial charge in [0, 0.05) is 25.8 Å². The van der Waals surface area contributed by atoms with Crippen molar-refractivity contribution in [2.75, 3.05) is 19.6 Å². The van der Waals surface area contributed by atoms with Crippen LogP contribution in [0.2, 0.25) is 0 Å². The molecule has 2 aromatic rings. The summed E-state index contributed by atoms with van der Waals surface area (Å²) in [5, 5.41) is 10.5. The molecule has 0 bridgehead atoms. The highest BCUT2D eigenvalue weighted by atomic mass is 16.2. The molecule has 0 spiro atoms. The molecular formula is C17H23N5O. The second-order valence-electron chi connectivity index (χ2n) is 6.13. The lowest BCUT2D eigenvalue weighted by Gasteiger charge is -2.32. The fourth-order valence-electron chi connectivity index (χ4n) is 3.08. The Labute approximate surface area is 136 Å². The van der Waals surface area contributed by atoms with Crippen LogP contribution in [0.5, 0.6) is 0 Å². The van der Waals surface area contributed by atoms with Crippen LogP contribution in [0.15, 0.2) is 42.7 Å². The lowest BCUT2D eigenvalue weighted by molar-refractivity contribution is -0.122. The normalized spacial score (nSPS) is 18.7. The van der Waals surface area contributed by atoms with E-state index >= 15 is 0 Å². The molecule has 1 unspecified atom stereocenters. The van der Waals surface area contributed by atoms with Gasteiger partial charge in [-0.05, 0) is 30.9 Å². The van der Waals surface area contributed by atoms with Crippen LogP contribution in [-0.2, 0) is 17.9 Å². The van der Waals surface area contributed by atoms with Crippen LogP contribution in [0.25, 0.3) is 0 Å². The van der Waals surface area contributed by atoms with Gasteiger partial charge in [-0.15, -0.1) is 5.10 Å². The molecule has 1 aromatic carbocycles. The van der Waals surface area contributed by atoms with E-state index in [2.05, 4.69) is 44.8 Å². The molecule has 0 saturated carbocycles. The zero-order valence-corrected chi connectivity index (χ0v) is 13.3. The van der Waals surface area contributed by atoms with Gasteiger partial charge in [0.05, 0.1) is 6.20 Å². The van der Waals surface area contributed by atoms with Crippen LogP contribution in [0, 0.1) is 5.92 Å². The number of hydrogen-bond donors (Lipinski definition) is 1. The average molecular weight is 313 g/mol. The predicted molar refractivity (Wildman–Crippen MR) is 87.5 cm³/mol. The number of likely N-dealkylation sites (tertiary alicyclic amines) is 1. The van der Waals surface area contributed by atoms with Crippen molar-refractivity contribution in [3.05, 3.63) is 48.3 Å². The summed E-state index contributed by atoms with van der Waals surface area (Å²) in [6.45, 7) is 4.14. The molecule has 122 valence electrons. The van der Waals surface area contributed by atoms with E-state index in [4.69, 9.17) is 0 Å². The van der Waals surface area contributed by atoms with Gasteiger partial charge in [0.15, 0.2) is 0 Å². The van der Waals surface area contributed by atoms with Gasteiger partial charge in [-0.2, -0.15) is 0 Å². The van der Waals surface area contributed by atoms with Crippen LogP contribution in [-0.4, -0.2) is 45.4 Å². The number of aromatic nitrogens is 3. The molecule has 1 aliphatic rings. The minimum Gasteiger partial charge on any atom is -0.354 e. The van der Waals surface area contributed by atoms with Gasteiger partial charge in [-0.1, -0.05) is 35.5 Å². The van der Waals surface area contributed by atoms with Crippen molar-refractivity contribution in [3.8, 4) is 0 Å². The first kappa shape index (κ1) is 15.7. The monoisotopic (exact) mass is 313 g/mol. The molecule has 1 fully saturated rings. The third kappa shape index (κ3) is 4.89. The van der Waals surface area contributed by atoms with Crippen molar-refractivity contribution in [3.63, 3.8) is 0 Å². The van der Waals surface area contributed by atoms with Gasteiger partial charge >= 0.3 is 0 Å². The van der Waals surface area contributed by atoms with Gasteiger partial charge in [0.2, 0.25) is 5.91 Å². The molecule has 1 aromatic heterocycles. The highest BCUT2D eigenvalue weighted by Gasteiger charge is 2.20. The molecule has 23 heavy (non-hydrogen) atoms. The third-order valence-electron chi connectivity index (χ3n) is 4.22. The Balaban J connectivity index is 1.42. The number of rotatable bonds is 6. The van der Waals surface area contributed by atoms with Gasteiger partial charge in [0.25, 0.3) is 0 Å². The Hall–Kier alpha value is -2.21. The average Bonchev–Trinajstić information content (AvgIpc) is 3.07. The third-order valence-corrected chi connectivity index (χ3v) is 4.22. The molecular weight excluding hydrogens is 290 g/mol. The number of nitrogens with one attached hydrogen (secondary N) is 1. The second kappa shape index (κ2) is 7.87. The Kier molecular flexibility index (Phi) is 5.37. The summed E-state index contributed by atoms with van der Waals surface area (Å²) in [5.41, 5.74) is 1.35. The Morgan fingerprint density at radius 2 is 2.17 bits per heavy atom. The first-order valence-electron chi connectivity index (χ1n) is 8.16. The molecule has 6 heteroatoms. The number of nitrogens with zero attached hydrogens (tertiary/aromatic N) is 4. The largest absolute Gasteiger partial charge is 0.354 e. The van der Waals surface area contributed by atoms with E-state index in [1.807, 2.05) is 6.07 Å². The fourth-order valence-corrected chi connectivity index (χ4v) is 3.08. The van der Waals surface area contributed by atoms with Crippen molar-refractivity contribution < 1.29 is 4.79 Å². The number of hydrogen-bond acceptors (Lipinski definition) is 4. The molecule has 1 N–H and O–H groups in total. The highest BCUT2D eigenvalue weighted by molar-refractivity contribution is 5.75. The van der Waals surface area contributed by atoms with Crippen LogP contribution >= 0.6 is 0 Å². The Morgan fingerprint density at radius 3 is 2.96 bits per heavy atom. The van der Waals surface area contributed by atoms with Crippen LogP contribution in [0.1, 0.15) is 18.4 Å². The maximum atomic E-state index is 11.9. The van der Waals surface area contributed by atoms with E-state index in [0.29, 0.717) is 5.92 Å². The summed E-state index contributed by atoms with van der Waals surface area (Å²) in [5.74, 6) is 0.517. The standard InChI is InChI=1S/C17H23N5O/c23-17(14-22-10-8-19-20-22)18-11-16-7-4-9-21(13-16)12-15-5-2-1-3-6-15/h1-3,5-6,8,10,16H,4,7,9,11-14H2,(H,18,23). The van der Waals surface area contributed by atoms with E-state index in [1.54, 1.807) is 12.4 Å². The van der Waals surface area contributed by atoms with Gasteiger partial charge in [0.1, 0.15) is 6.54 Å².